The van der Waals surface area contributed by atoms with E-state index in [-0.39, 0.29) is 36.4 Å². The SMILES string of the molecule is C=CCN(C(=O)[C@@H]1N(CCCCO)C(=O)[C@H]2[C@H](C(=O)OCC)[C@H]3O[C@@]12CC3Br)c1c(C)cccc1C. The zero-order valence-electron chi connectivity index (χ0n) is 21.1. The number of unbranched alkanes of at least 4 members (excludes halogenated alkanes) is 1. The number of rotatable bonds is 10. The summed E-state index contributed by atoms with van der Waals surface area (Å²) in [6.07, 6.45) is 2.60. The van der Waals surface area contributed by atoms with Crippen LogP contribution in [0.25, 0.3) is 0 Å². The lowest BCUT2D eigenvalue weighted by Gasteiger charge is -2.37. The third-order valence-corrected chi connectivity index (χ3v) is 8.52. The van der Waals surface area contributed by atoms with E-state index in [0.717, 1.165) is 16.8 Å². The summed E-state index contributed by atoms with van der Waals surface area (Å²) >= 11 is 3.67. The van der Waals surface area contributed by atoms with Gasteiger partial charge >= 0.3 is 5.97 Å². The van der Waals surface area contributed by atoms with Gasteiger partial charge in [0.1, 0.15) is 11.6 Å². The van der Waals surface area contributed by atoms with Gasteiger partial charge in [-0.1, -0.05) is 40.2 Å². The summed E-state index contributed by atoms with van der Waals surface area (Å²) < 4.78 is 11.9. The van der Waals surface area contributed by atoms with Gasteiger partial charge in [-0.3, -0.25) is 14.4 Å². The minimum atomic E-state index is -1.14. The summed E-state index contributed by atoms with van der Waals surface area (Å²) in [6.45, 7) is 10.3. The molecule has 0 saturated carbocycles. The number of likely N-dealkylation sites (tertiary alicyclic amines) is 1. The number of ether oxygens (including phenoxy) is 2. The number of hydrogen-bond donors (Lipinski definition) is 1. The maximum atomic E-state index is 14.5. The third kappa shape index (κ3) is 4.19. The van der Waals surface area contributed by atoms with Crippen molar-refractivity contribution in [3.8, 4) is 0 Å². The highest BCUT2D eigenvalue weighted by atomic mass is 79.9. The van der Waals surface area contributed by atoms with Crippen molar-refractivity contribution in [2.45, 2.75) is 62.6 Å². The zero-order valence-corrected chi connectivity index (χ0v) is 22.7. The average molecular weight is 563 g/mol. The molecule has 1 unspecified atom stereocenters. The molecule has 1 aromatic carbocycles. The number of aryl methyl sites for hydroxylation is 2. The van der Waals surface area contributed by atoms with E-state index in [0.29, 0.717) is 25.8 Å². The van der Waals surface area contributed by atoms with Crippen molar-refractivity contribution >= 4 is 39.4 Å². The van der Waals surface area contributed by atoms with E-state index in [1.165, 1.54) is 0 Å². The number of benzene rings is 1. The highest BCUT2D eigenvalue weighted by Crippen LogP contribution is 2.60. The molecular formula is C27H35BrN2O6. The Kier molecular flexibility index (Phi) is 7.92. The predicted molar refractivity (Wildman–Crippen MR) is 139 cm³/mol. The molecule has 2 amide bonds. The van der Waals surface area contributed by atoms with Crippen LogP contribution in [0.5, 0.6) is 0 Å². The van der Waals surface area contributed by atoms with E-state index in [1.807, 2.05) is 32.0 Å². The third-order valence-electron chi connectivity index (χ3n) is 7.68. The van der Waals surface area contributed by atoms with Gasteiger partial charge in [-0.2, -0.15) is 0 Å². The Morgan fingerprint density at radius 1 is 1.33 bits per heavy atom. The maximum absolute atomic E-state index is 14.5. The number of nitrogens with zero attached hydrogens (tertiary/aromatic N) is 2. The van der Waals surface area contributed by atoms with Crippen molar-refractivity contribution in [2.75, 3.05) is 31.2 Å². The van der Waals surface area contributed by atoms with Crippen LogP contribution >= 0.6 is 15.9 Å². The molecule has 0 radical (unpaired) electrons. The number of aliphatic hydroxyl groups is 1. The molecule has 4 rings (SSSR count). The van der Waals surface area contributed by atoms with E-state index in [2.05, 4.69) is 22.5 Å². The molecule has 36 heavy (non-hydrogen) atoms. The number of halogens is 1. The van der Waals surface area contributed by atoms with Gasteiger partial charge in [0, 0.05) is 30.2 Å². The molecule has 3 saturated heterocycles. The van der Waals surface area contributed by atoms with Crippen molar-refractivity contribution in [1.29, 1.82) is 0 Å². The number of aliphatic hydroxyl groups excluding tert-OH is 1. The minimum absolute atomic E-state index is 0.00624. The first kappa shape index (κ1) is 26.8. The highest BCUT2D eigenvalue weighted by Gasteiger charge is 2.77. The fourth-order valence-corrected chi connectivity index (χ4v) is 7.29. The van der Waals surface area contributed by atoms with E-state index < -0.39 is 35.6 Å². The van der Waals surface area contributed by atoms with Crippen molar-refractivity contribution in [3.05, 3.63) is 42.0 Å². The monoisotopic (exact) mass is 562 g/mol. The van der Waals surface area contributed by atoms with Crippen LogP contribution in [0.3, 0.4) is 0 Å². The summed E-state index contributed by atoms with van der Waals surface area (Å²) in [5.41, 5.74) is 1.53. The van der Waals surface area contributed by atoms with Gasteiger partial charge in [0.15, 0.2) is 0 Å². The Labute approximate surface area is 220 Å². The van der Waals surface area contributed by atoms with Crippen molar-refractivity contribution in [1.82, 2.24) is 4.90 Å². The summed E-state index contributed by atoms with van der Waals surface area (Å²) in [5, 5.41) is 9.34. The average Bonchev–Trinajstić information content (AvgIpc) is 3.42. The van der Waals surface area contributed by atoms with Gasteiger partial charge in [0.05, 0.1) is 24.5 Å². The van der Waals surface area contributed by atoms with Gasteiger partial charge in [-0.25, -0.2) is 0 Å². The van der Waals surface area contributed by atoms with Crippen LogP contribution in [0.4, 0.5) is 5.69 Å². The van der Waals surface area contributed by atoms with Crippen LogP contribution in [0, 0.1) is 25.7 Å². The molecular weight excluding hydrogens is 528 g/mol. The first-order chi connectivity index (χ1) is 17.2. The molecule has 6 atom stereocenters. The molecule has 3 aliphatic heterocycles. The van der Waals surface area contributed by atoms with E-state index in [4.69, 9.17) is 9.47 Å². The smallest absolute Gasteiger partial charge is 0.312 e. The Bertz CT molecular complexity index is 1030. The van der Waals surface area contributed by atoms with Crippen LogP contribution in [0.1, 0.15) is 37.3 Å². The topological polar surface area (TPSA) is 96.4 Å². The quantitative estimate of drug-likeness (QED) is 0.204. The second kappa shape index (κ2) is 10.6. The van der Waals surface area contributed by atoms with E-state index in [1.54, 1.807) is 22.8 Å². The number of amides is 2. The van der Waals surface area contributed by atoms with Gasteiger partial charge in [0.2, 0.25) is 5.91 Å². The Morgan fingerprint density at radius 3 is 2.64 bits per heavy atom. The molecule has 1 spiro atoms. The first-order valence-corrected chi connectivity index (χ1v) is 13.5. The summed E-state index contributed by atoms with van der Waals surface area (Å²) in [6, 6.07) is 4.95. The molecule has 9 heteroatoms. The number of fused-ring (bicyclic) bond motifs is 1. The van der Waals surface area contributed by atoms with Crippen LogP contribution in [-0.2, 0) is 23.9 Å². The van der Waals surface area contributed by atoms with Crippen LogP contribution in [-0.4, -0.2) is 76.7 Å². The fraction of sp³-hybridized carbons (Fsp3) is 0.593. The van der Waals surface area contributed by atoms with Gasteiger partial charge in [-0.05, 0) is 51.2 Å². The molecule has 3 heterocycles. The molecule has 1 aromatic rings. The predicted octanol–water partition coefficient (Wildman–Crippen LogP) is 2.91. The first-order valence-electron chi connectivity index (χ1n) is 12.6. The molecule has 196 valence electrons. The summed E-state index contributed by atoms with van der Waals surface area (Å²) in [7, 11) is 0. The number of hydrogen-bond acceptors (Lipinski definition) is 6. The minimum Gasteiger partial charge on any atom is -0.466 e. The molecule has 1 N–H and O–H groups in total. The van der Waals surface area contributed by atoms with Crippen molar-refractivity contribution < 1.29 is 29.0 Å². The normalized spacial score (nSPS) is 30.4. The zero-order chi connectivity index (χ0) is 26.2. The lowest BCUT2D eigenvalue weighted by molar-refractivity contribution is -0.154. The standard InChI is InChI=1S/C27H35BrN2O6/c1-5-12-29(21-16(3)10-9-11-17(21)4)25(33)23-27-15-18(28)22(36-27)19(26(34)35-6-2)20(27)24(32)30(23)13-7-8-14-31/h5,9-11,18-20,22-23,31H,1,6-8,12-15H2,2-4H3/t18?,19-,20+,22-,23-,27+/m0/s1. The van der Waals surface area contributed by atoms with Gasteiger partial charge in [-0.15, -0.1) is 6.58 Å². The fourth-order valence-electron chi connectivity index (χ4n) is 6.35. The Balaban J connectivity index is 1.81. The second-order valence-electron chi connectivity index (χ2n) is 9.86. The largest absolute Gasteiger partial charge is 0.466 e. The molecule has 0 aromatic heterocycles. The number of carbonyl (C=O) groups is 3. The second-order valence-corrected chi connectivity index (χ2v) is 11.0. The number of alkyl halides is 1. The lowest BCUT2D eigenvalue weighted by Crippen LogP contribution is -2.57. The van der Waals surface area contributed by atoms with Crippen LogP contribution in [0.2, 0.25) is 0 Å². The molecule has 8 nitrogen and oxygen atoms in total. The number of anilines is 1. The Morgan fingerprint density at radius 2 is 2.03 bits per heavy atom. The number of para-hydroxylation sites is 1. The number of carbonyl (C=O) groups excluding carboxylic acids is 3. The molecule has 3 aliphatic rings. The lowest BCUT2D eigenvalue weighted by atomic mass is 9.70. The maximum Gasteiger partial charge on any atom is 0.312 e. The summed E-state index contributed by atoms with van der Waals surface area (Å²) in [5.74, 6) is -2.54. The van der Waals surface area contributed by atoms with Crippen LogP contribution < -0.4 is 4.90 Å². The molecule has 2 bridgehead atoms. The molecule has 3 fully saturated rings. The van der Waals surface area contributed by atoms with Crippen LogP contribution in [0.15, 0.2) is 30.9 Å². The molecule has 0 aliphatic carbocycles. The Hall–Kier alpha value is -2.23. The van der Waals surface area contributed by atoms with Crippen molar-refractivity contribution in [2.24, 2.45) is 11.8 Å². The van der Waals surface area contributed by atoms with Gasteiger partial charge < -0.3 is 24.4 Å². The summed E-state index contributed by atoms with van der Waals surface area (Å²) in [4.78, 5) is 44.5. The highest BCUT2D eigenvalue weighted by molar-refractivity contribution is 9.09. The van der Waals surface area contributed by atoms with Crippen molar-refractivity contribution in [3.63, 3.8) is 0 Å². The van der Waals surface area contributed by atoms with Gasteiger partial charge in [0.25, 0.3) is 5.91 Å². The van der Waals surface area contributed by atoms with E-state index >= 15 is 0 Å². The number of esters is 1. The van der Waals surface area contributed by atoms with E-state index in [9.17, 15) is 19.5 Å².